The third-order valence-electron chi connectivity index (χ3n) is 2.15. The fourth-order valence-corrected chi connectivity index (χ4v) is 1.16. The summed E-state index contributed by atoms with van der Waals surface area (Å²) < 4.78 is 0. The van der Waals surface area contributed by atoms with Gasteiger partial charge in [-0.15, -0.1) is 0 Å². The van der Waals surface area contributed by atoms with Crippen LogP contribution in [0.15, 0.2) is 24.3 Å². The Morgan fingerprint density at radius 3 is 1.96 bits per heavy atom. The summed E-state index contributed by atoms with van der Waals surface area (Å²) in [6, 6.07) is 5.40. The Morgan fingerprint density at radius 2 is 1.65 bits per heavy atom. The molecule has 0 radical (unpaired) electrons. The highest BCUT2D eigenvalue weighted by molar-refractivity contribution is 5.93. The maximum absolute atomic E-state index is 10.8. The molecule has 0 spiro atoms. The van der Waals surface area contributed by atoms with Gasteiger partial charge < -0.3 is 27.2 Å². The van der Waals surface area contributed by atoms with Gasteiger partial charge >= 0.3 is 12.0 Å². The minimum Gasteiger partial charge on any atom is -0.478 e. The summed E-state index contributed by atoms with van der Waals surface area (Å²) in [6.07, 6.45) is 0.933. The van der Waals surface area contributed by atoms with E-state index in [1.807, 2.05) is 20.8 Å². The van der Waals surface area contributed by atoms with E-state index in [1.165, 1.54) is 24.3 Å². The predicted octanol–water partition coefficient (Wildman–Crippen LogP) is 1.37. The quantitative estimate of drug-likeness (QED) is 0.554. The molecule has 0 atom stereocenters. The molecule has 1 aromatic rings. The first kappa shape index (κ1) is 22.7. The van der Waals surface area contributed by atoms with Crippen molar-refractivity contribution >= 4 is 23.6 Å². The smallest absolute Gasteiger partial charge is 0.335 e. The van der Waals surface area contributed by atoms with Gasteiger partial charge in [0, 0.05) is 12.2 Å². The van der Waals surface area contributed by atoms with Gasteiger partial charge in [0.2, 0.25) is 5.91 Å². The van der Waals surface area contributed by atoms with Crippen molar-refractivity contribution in [2.24, 2.45) is 11.5 Å². The summed E-state index contributed by atoms with van der Waals surface area (Å²) in [5.41, 5.74) is 10.5. The van der Waals surface area contributed by atoms with Crippen molar-refractivity contribution in [1.82, 2.24) is 5.32 Å². The number of primary amides is 1. The molecule has 23 heavy (non-hydrogen) atoms. The van der Waals surface area contributed by atoms with Gasteiger partial charge in [0.25, 0.3) is 0 Å². The molecule has 3 amide bonds. The maximum atomic E-state index is 10.8. The van der Waals surface area contributed by atoms with Gasteiger partial charge in [0.05, 0.1) is 12.1 Å². The zero-order chi connectivity index (χ0) is 18.3. The van der Waals surface area contributed by atoms with E-state index in [2.05, 4.69) is 10.6 Å². The minimum atomic E-state index is -0.998. The minimum absolute atomic E-state index is 0.0965. The maximum Gasteiger partial charge on any atom is 0.335 e. The van der Waals surface area contributed by atoms with E-state index < -0.39 is 12.0 Å². The molecule has 1 rings (SSSR count). The standard InChI is InChI=1S/C9H10N2O3.C4H10N2O.C2H6/c10-5-8(12)11-7-3-1-6(2-4-7)9(13)14;1-2-3-6-4(5)7;1-2/h1-4H,5,10H2,(H,11,12)(H,13,14);2-3H2,1H3,(H3,5,6,7);1-2H3. The number of carbonyl (C=O) groups excluding carboxylic acids is 2. The molecule has 0 saturated heterocycles. The number of carboxylic acid groups (broad SMARTS) is 1. The average Bonchev–Trinajstić information content (AvgIpc) is 2.55. The van der Waals surface area contributed by atoms with Gasteiger partial charge in [0.1, 0.15) is 0 Å². The van der Waals surface area contributed by atoms with Crippen molar-refractivity contribution in [3.05, 3.63) is 29.8 Å². The van der Waals surface area contributed by atoms with E-state index in [4.69, 9.17) is 16.6 Å². The van der Waals surface area contributed by atoms with Crippen LogP contribution in [0.25, 0.3) is 0 Å². The van der Waals surface area contributed by atoms with Crippen LogP contribution in [0.5, 0.6) is 0 Å². The molecule has 0 heterocycles. The Balaban J connectivity index is 0. The number of urea groups is 1. The summed E-state index contributed by atoms with van der Waals surface area (Å²) in [5.74, 6) is -1.31. The van der Waals surface area contributed by atoms with Gasteiger partial charge in [-0.1, -0.05) is 20.8 Å². The van der Waals surface area contributed by atoms with Crippen LogP contribution in [-0.4, -0.2) is 36.1 Å². The van der Waals surface area contributed by atoms with Gasteiger partial charge in [-0.2, -0.15) is 0 Å². The first-order chi connectivity index (χ1) is 10.9. The molecule has 130 valence electrons. The molecule has 0 fully saturated rings. The van der Waals surface area contributed by atoms with Gasteiger partial charge in [-0.05, 0) is 30.7 Å². The number of nitrogens with two attached hydrogens (primary N) is 2. The third-order valence-corrected chi connectivity index (χ3v) is 2.15. The second-order valence-corrected chi connectivity index (χ2v) is 3.93. The lowest BCUT2D eigenvalue weighted by Gasteiger charge is -2.02. The van der Waals surface area contributed by atoms with Crippen LogP contribution in [-0.2, 0) is 4.79 Å². The normalized spacial score (nSPS) is 8.52. The van der Waals surface area contributed by atoms with Crippen molar-refractivity contribution in [1.29, 1.82) is 0 Å². The SMILES string of the molecule is CC.CCCNC(N)=O.NCC(=O)Nc1ccc(C(=O)O)cc1. The van der Waals surface area contributed by atoms with E-state index in [0.29, 0.717) is 12.2 Å². The molecule has 8 heteroatoms. The molecule has 0 unspecified atom stereocenters. The van der Waals surface area contributed by atoms with Gasteiger partial charge in [0.15, 0.2) is 0 Å². The molecule has 8 nitrogen and oxygen atoms in total. The molecule has 0 aromatic heterocycles. The topological polar surface area (TPSA) is 148 Å². The Labute approximate surface area is 136 Å². The number of benzene rings is 1. The molecular weight excluding hydrogens is 300 g/mol. The molecule has 0 aliphatic carbocycles. The number of rotatable bonds is 5. The Hall–Kier alpha value is -2.61. The zero-order valence-electron chi connectivity index (χ0n) is 13.8. The molecule has 0 aliphatic rings. The van der Waals surface area contributed by atoms with E-state index in [-0.39, 0.29) is 18.0 Å². The van der Waals surface area contributed by atoms with Crippen LogP contribution >= 0.6 is 0 Å². The monoisotopic (exact) mass is 326 g/mol. The lowest BCUT2D eigenvalue weighted by Crippen LogP contribution is -2.29. The fraction of sp³-hybridized carbons (Fsp3) is 0.400. The number of hydrogen-bond acceptors (Lipinski definition) is 4. The highest BCUT2D eigenvalue weighted by Gasteiger charge is 2.02. The van der Waals surface area contributed by atoms with Gasteiger partial charge in [-0.3, -0.25) is 4.79 Å². The van der Waals surface area contributed by atoms with E-state index in [0.717, 1.165) is 6.42 Å². The molecule has 7 N–H and O–H groups in total. The lowest BCUT2D eigenvalue weighted by atomic mass is 10.2. The van der Waals surface area contributed by atoms with Crippen LogP contribution in [0.2, 0.25) is 0 Å². The molecule has 1 aromatic carbocycles. The van der Waals surface area contributed by atoms with Crippen LogP contribution in [0, 0.1) is 0 Å². The summed E-state index contributed by atoms with van der Waals surface area (Å²) in [7, 11) is 0. The molecule has 0 bridgehead atoms. The summed E-state index contributed by atoms with van der Waals surface area (Å²) in [4.78, 5) is 31.2. The van der Waals surface area contributed by atoms with Crippen LogP contribution in [0.4, 0.5) is 10.5 Å². The van der Waals surface area contributed by atoms with E-state index >= 15 is 0 Å². The largest absolute Gasteiger partial charge is 0.478 e. The zero-order valence-corrected chi connectivity index (χ0v) is 13.8. The fourth-order valence-electron chi connectivity index (χ4n) is 1.16. The van der Waals surface area contributed by atoms with Crippen molar-refractivity contribution in [3.8, 4) is 0 Å². The number of hydrogen-bond donors (Lipinski definition) is 5. The Morgan fingerprint density at radius 1 is 1.13 bits per heavy atom. The lowest BCUT2D eigenvalue weighted by molar-refractivity contribution is -0.114. The summed E-state index contributed by atoms with van der Waals surface area (Å²) in [6.45, 7) is 6.55. The first-order valence-corrected chi connectivity index (χ1v) is 7.27. The van der Waals surface area contributed by atoms with Crippen molar-refractivity contribution in [2.75, 3.05) is 18.4 Å². The number of carbonyl (C=O) groups is 3. The van der Waals surface area contributed by atoms with Crippen molar-refractivity contribution < 1.29 is 19.5 Å². The predicted molar refractivity (Wildman–Crippen MR) is 90.3 cm³/mol. The number of aromatic carboxylic acids is 1. The van der Waals surface area contributed by atoms with Gasteiger partial charge in [-0.25, -0.2) is 9.59 Å². The third kappa shape index (κ3) is 12.8. The molecule has 0 saturated carbocycles. The Kier molecular flexibility index (Phi) is 14.1. The summed E-state index contributed by atoms with van der Waals surface area (Å²) >= 11 is 0. The molecular formula is C15H26N4O4. The van der Waals surface area contributed by atoms with Crippen LogP contribution < -0.4 is 22.1 Å². The highest BCUT2D eigenvalue weighted by atomic mass is 16.4. The second kappa shape index (κ2) is 14.3. The molecule has 0 aliphatic heterocycles. The van der Waals surface area contributed by atoms with E-state index in [1.54, 1.807) is 0 Å². The Bertz CT molecular complexity index is 475. The van der Waals surface area contributed by atoms with E-state index in [9.17, 15) is 14.4 Å². The van der Waals surface area contributed by atoms with Crippen LogP contribution in [0.1, 0.15) is 37.6 Å². The average molecular weight is 326 g/mol. The number of carboxylic acids is 1. The van der Waals surface area contributed by atoms with Crippen molar-refractivity contribution in [3.63, 3.8) is 0 Å². The summed E-state index contributed by atoms with van der Waals surface area (Å²) in [5, 5.41) is 13.5. The number of amides is 3. The number of nitrogens with one attached hydrogen (secondary N) is 2. The second-order valence-electron chi connectivity index (χ2n) is 3.93. The number of anilines is 1. The highest BCUT2D eigenvalue weighted by Crippen LogP contribution is 2.08. The first-order valence-electron chi connectivity index (χ1n) is 7.27. The van der Waals surface area contributed by atoms with Crippen LogP contribution in [0.3, 0.4) is 0 Å². The van der Waals surface area contributed by atoms with Crippen molar-refractivity contribution in [2.45, 2.75) is 27.2 Å².